The molecule has 2 amide bonds. The Bertz CT molecular complexity index is 1200. The minimum absolute atomic E-state index is 0.0569. The second-order valence-corrected chi connectivity index (χ2v) is 12.1. The third-order valence-corrected chi connectivity index (χ3v) is 7.51. The van der Waals surface area contributed by atoms with Gasteiger partial charge in [-0.2, -0.15) is 0 Å². The Labute approximate surface area is 224 Å². The topological polar surface area (TPSA) is 86.8 Å². The number of nitrogens with one attached hydrogen (secondary N) is 1. The summed E-state index contributed by atoms with van der Waals surface area (Å²) in [4.78, 5) is 27.6. The first-order valence-electron chi connectivity index (χ1n) is 11.8. The summed E-state index contributed by atoms with van der Waals surface area (Å²) in [5.74, 6) is -0.557. The molecule has 0 aliphatic carbocycles. The highest BCUT2D eigenvalue weighted by molar-refractivity contribution is 7.92. The number of hydrogen-bond acceptors (Lipinski definition) is 4. The monoisotopic (exact) mass is 555 g/mol. The quantitative estimate of drug-likeness (QED) is 0.418. The largest absolute Gasteiger partial charge is 0.352 e. The number of rotatable bonds is 11. The van der Waals surface area contributed by atoms with E-state index < -0.39 is 16.1 Å². The molecule has 1 unspecified atom stereocenters. The first-order valence-corrected chi connectivity index (χ1v) is 14.4. The third kappa shape index (κ3) is 8.39. The van der Waals surface area contributed by atoms with Crippen molar-refractivity contribution in [2.45, 2.75) is 66.1 Å². The van der Waals surface area contributed by atoms with Crippen molar-refractivity contribution in [3.05, 3.63) is 63.1 Å². The van der Waals surface area contributed by atoms with Gasteiger partial charge in [-0.15, -0.1) is 0 Å². The van der Waals surface area contributed by atoms with Gasteiger partial charge in [-0.05, 0) is 75.9 Å². The van der Waals surface area contributed by atoms with Gasteiger partial charge in [0.05, 0.1) is 11.9 Å². The normalized spacial score (nSPS) is 12.4. The van der Waals surface area contributed by atoms with Gasteiger partial charge >= 0.3 is 0 Å². The van der Waals surface area contributed by atoms with Crippen LogP contribution in [-0.4, -0.2) is 50.0 Å². The SMILES string of the molecule is Cc1ccc(C)c(N(CCCC(=O)N(Cc2ccc(Cl)cc2Cl)C(C)C(=O)NC(C)C)S(C)(=O)=O)c1. The highest BCUT2D eigenvalue weighted by Gasteiger charge is 2.27. The van der Waals surface area contributed by atoms with Gasteiger partial charge in [-0.25, -0.2) is 8.42 Å². The van der Waals surface area contributed by atoms with E-state index in [4.69, 9.17) is 23.2 Å². The average molecular weight is 557 g/mol. The van der Waals surface area contributed by atoms with Crippen molar-refractivity contribution in [1.29, 1.82) is 0 Å². The molecule has 0 aliphatic rings. The van der Waals surface area contributed by atoms with Crippen LogP contribution in [0.2, 0.25) is 10.0 Å². The fourth-order valence-electron chi connectivity index (χ4n) is 3.79. The molecule has 0 radical (unpaired) electrons. The molecule has 0 saturated carbocycles. The molecule has 2 aromatic rings. The number of nitrogens with zero attached hydrogens (tertiary/aromatic N) is 2. The lowest BCUT2D eigenvalue weighted by molar-refractivity contribution is -0.140. The molecule has 1 N–H and O–H groups in total. The molecular weight excluding hydrogens is 521 g/mol. The fraction of sp³-hybridized carbons (Fsp3) is 0.462. The van der Waals surface area contributed by atoms with Crippen LogP contribution >= 0.6 is 23.2 Å². The summed E-state index contributed by atoms with van der Waals surface area (Å²) in [6.07, 6.45) is 1.49. The Hall–Kier alpha value is -2.29. The highest BCUT2D eigenvalue weighted by Crippen LogP contribution is 2.26. The second kappa shape index (κ2) is 12.8. The molecule has 2 aromatic carbocycles. The van der Waals surface area contributed by atoms with Gasteiger partial charge in [-0.3, -0.25) is 13.9 Å². The lowest BCUT2D eigenvalue weighted by Crippen LogP contribution is -2.49. The van der Waals surface area contributed by atoms with Crippen LogP contribution in [0.25, 0.3) is 0 Å². The Morgan fingerprint density at radius 3 is 2.28 bits per heavy atom. The van der Waals surface area contributed by atoms with E-state index in [0.29, 0.717) is 21.3 Å². The van der Waals surface area contributed by atoms with E-state index in [0.717, 1.165) is 17.4 Å². The van der Waals surface area contributed by atoms with Crippen LogP contribution in [0.5, 0.6) is 0 Å². The number of sulfonamides is 1. The van der Waals surface area contributed by atoms with E-state index >= 15 is 0 Å². The van der Waals surface area contributed by atoms with Crippen LogP contribution in [0.4, 0.5) is 5.69 Å². The number of amides is 2. The summed E-state index contributed by atoms with van der Waals surface area (Å²) >= 11 is 12.4. The molecule has 0 saturated heterocycles. The Kier molecular flexibility index (Phi) is 10.6. The van der Waals surface area contributed by atoms with E-state index in [2.05, 4.69) is 5.32 Å². The number of aryl methyl sites for hydroxylation is 2. The molecular formula is C26H35Cl2N3O4S. The maximum Gasteiger partial charge on any atom is 0.242 e. The predicted octanol–water partition coefficient (Wildman–Crippen LogP) is 5.10. The summed E-state index contributed by atoms with van der Waals surface area (Å²) in [5, 5.41) is 3.71. The van der Waals surface area contributed by atoms with E-state index in [1.54, 1.807) is 25.1 Å². The summed E-state index contributed by atoms with van der Waals surface area (Å²) in [7, 11) is -3.56. The number of halogens is 2. The molecule has 36 heavy (non-hydrogen) atoms. The molecule has 0 bridgehead atoms. The third-order valence-electron chi connectivity index (χ3n) is 5.74. The number of hydrogen-bond donors (Lipinski definition) is 1. The Balaban J connectivity index is 2.24. The van der Waals surface area contributed by atoms with E-state index in [1.807, 2.05) is 45.9 Å². The second-order valence-electron chi connectivity index (χ2n) is 9.33. The zero-order valence-electron chi connectivity index (χ0n) is 21.6. The fourth-order valence-corrected chi connectivity index (χ4v) is 5.27. The number of carbonyl (C=O) groups is 2. The van der Waals surface area contributed by atoms with Gasteiger partial charge in [0.15, 0.2) is 0 Å². The molecule has 7 nitrogen and oxygen atoms in total. The van der Waals surface area contributed by atoms with Crippen molar-refractivity contribution < 1.29 is 18.0 Å². The van der Waals surface area contributed by atoms with Crippen LogP contribution in [0.3, 0.4) is 0 Å². The lowest BCUT2D eigenvalue weighted by Gasteiger charge is -2.30. The molecule has 0 aliphatic heterocycles. The molecule has 0 heterocycles. The van der Waals surface area contributed by atoms with Gasteiger partial charge in [0.2, 0.25) is 21.8 Å². The van der Waals surface area contributed by atoms with E-state index in [-0.39, 0.29) is 43.8 Å². The standard InChI is InChI=1S/C26H35Cl2N3O4S/c1-17(2)29-26(33)20(5)30(16-21-11-12-22(27)15-23(21)28)25(32)8-7-13-31(36(6,34)35)24-14-18(3)9-10-19(24)4/h9-12,14-15,17,20H,7-8,13,16H2,1-6H3,(H,29,33). The molecule has 1 atom stereocenters. The van der Waals surface area contributed by atoms with Crippen molar-refractivity contribution in [2.75, 3.05) is 17.1 Å². The van der Waals surface area contributed by atoms with Gasteiger partial charge in [0.1, 0.15) is 6.04 Å². The van der Waals surface area contributed by atoms with Crippen molar-refractivity contribution in [3.63, 3.8) is 0 Å². The summed E-state index contributed by atoms with van der Waals surface area (Å²) in [6.45, 7) is 9.37. The molecule has 2 rings (SSSR count). The minimum Gasteiger partial charge on any atom is -0.352 e. The maximum atomic E-state index is 13.4. The summed E-state index contributed by atoms with van der Waals surface area (Å²) in [6, 6.07) is 9.78. The number of anilines is 1. The lowest BCUT2D eigenvalue weighted by atomic mass is 10.1. The van der Waals surface area contributed by atoms with Gasteiger partial charge in [0.25, 0.3) is 0 Å². The number of benzene rings is 2. The van der Waals surface area contributed by atoms with Crippen LogP contribution in [0.15, 0.2) is 36.4 Å². The molecule has 0 aromatic heterocycles. The van der Waals surface area contributed by atoms with Crippen LogP contribution in [0.1, 0.15) is 50.3 Å². The molecule has 10 heteroatoms. The summed E-state index contributed by atoms with van der Waals surface area (Å²) in [5.41, 5.74) is 3.03. The average Bonchev–Trinajstić information content (AvgIpc) is 2.76. The van der Waals surface area contributed by atoms with Crippen LogP contribution in [-0.2, 0) is 26.2 Å². The molecule has 0 spiro atoms. The van der Waals surface area contributed by atoms with Crippen LogP contribution < -0.4 is 9.62 Å². The van der Waals surface area contributed by atoms with E-state index in [1.165, 1.54) is 9.21 Å². The van der Waals surface area contributed by atoms with Gasteiger partial charge in [-0.1, -0.05) is 41.4 Å². The predicted molar refractivity (Wildman–Crippen MR) is 147 cm³/mol. The Morgan fingerprint density at radius 1 is 1.03 bits per heavy atom. The van der Waals surface area contributed by atoms with Crippen molar-refractivity contribution in [2.24, 2.45) is 0 Å². The number of carbonyl (C=O) groups excluding carboxylic acids is 2. The van der Waals surface area contributed by atoms with Crippen molar-refractivity contribution in [1.82, 2.24) is 10.2 Å². The first kappa shape index (κ1) is 29.9. The summed E-state index contributed by atoms with van der Waals surface area (Å²) < 4.78 is 26.5. The zero-order chi connectivity index (χ0) is 27.2. The molecule has 0 fully saturated rings. The van der Waals surface area contributed by atoms with Crippen LogP contribution in [0, 0.1) is 13.8 Å². The highest BCUT2D eigenvalue weighted by atomic mass is 35.5. The van der Waals surface area contributed by atoms with Crippen molar-refractivity contribution in [3.8, 4) is 0 Å². The molecule has 198 valence electrons. The smallest absolute Gasteiger partial charge is 0.242 e. The zero-order valence-corrected chi connectivity index (χ0v) is 24.0. The first-order chi connectivity index (χ1) is 16.7. The maximum absolute atomic E-state index is 13.4. The van der Waals surface area contributed by atoms with E-state index in [9.17, 15) is 18.0 Å². The Morgan fingerprint density at radius 2 is 1.69 bits per heavy atom. The minimum atomic E-state index is -3.56. The van der Waals surface area contributed by atoms with Crippen molar-refractivity contribution >= 4 is 50.7 Å². The van der Waals surface area contributed by atoms with Gasteiger partial charge < -0.3 is 10.2 Å². The van der Waals surface area contributed by atoms with Gasteiger partial charge in [0, 0.05) is 35.6 Å².